The van der Waals surface area contributed by atoms with E-state index in [1.54, 1.807) is 48.5 Å². The van der Waals surface area contributed by atoms with Gasteiger partial charge in [-0.25, -0.2) is 0 Å². The van der Waals surface area contributed by atoms with Gasteiger partial charge in [-0.05, 0) is 41.5 Å². The molecular formula is C18H13ClN2O2. The first kappa shape index (κ1) is 16.4. The second-order valence-electron chi connectivity index (χ2n) is 4.53. The smallest absolute Gasteiger partial charge is 0.174 e. The fraction of sp³-hybridized carbons (Fsp3) is 0.111. The fourth-order valence-corrected chi connectivity index (χ4v) is 2.11. The van der Waals surface area contributed by atoms with Gasteiger partial charge < -0.3 is 9.47 Å². The van der Waals surface area contributed by atoms with Crippen LogP contribution in [0.15, 0.2) is 42.5 Å². The van der Waals surface area contributed by atoms with Gasteiger partial charge in [0.25, 0.3) is 0 Å². The van der Waals surface area contributed by atoms with Crippen LogP contribution in [0, 0.1) is 22.7 Å². The van der Waals surface area contributed by atoms with Crippen molar-refractivity contribution in [2.24, 2.45) is 0 Å². The Labute approximate surface area is 139 Å². The van der Waals surface area contributed by atoms with Crippen LogP contribution < -0.4 is 9.47 Å². The van der Waals surface area contributed by atoms with Crippen LogP contribution in [0.1, 0.15) is 11.1 Å². The van der Waals surface area contributed by atoms with Crippen molar-refractivity contribution in [3.05, 3.63) is 58.6 Å². The number of benzene rings is 2. The zero-order chi connectivity index (χ0) is 16.7. The molecule has 0 N–H and O–H groups in total. The number of nitrogens with zero attached hydrogens (tertiary/aromatic N) is 2. The zero-order valence-electron chi connectivity index (χ0n) is 12.4. The lowest BCUT2D eigenvalue weighted by Gasteiger charge is -2.09. The molecule has 0 fully saturated rings. The molecule has 0 saturated heterocycles. The van der Waals surface area contributed by atoms with E-state index in [0.29, 0.717) is 22.1 Å². The quantitative estimate of drug-likeness (QED) is 0.607. The minimum atomic E-state index is -0.0558. The summed E-state index contributed by atoms with van der Waals surface area (Å²) in [7, 11) is 1.52. The molecule has 0 amide bonds. The van der Waals surface area contributed by atoms with Gasteiger partial charge in [0.1, 0.15) is 6.07 Å². The molecule has 0 aliphatic heterocycles. The maximum atomic E-state index is 9.36. The van der Waals surface area contributed by atoms with Crippen molar-refractivity contribution >= 4 is 23.3 Å². The molecule has 23 heavy (non-hydrogen) atoms. The Morgan fingerprint density at radius 1 is 1.13 bits per heavy atom. The summed E-state index contributed by atoms with van der Waals surface area (Å²) in [4.78, 5) is 0. The highest BCUT2D eigenvalue weighted by atomic mass is 35.5. The van der Waals surface area contributed by atoms with Crippen molar-refractivity contribution in [3.8, 4) is 23.6 Å². The molecule has 0 spiro atoms. The molecule has 0 unspecified atom stereocenters. The van der Waals surface area contributed by atoms with E-state index >= 15 is 0 Å². The number of rotatable bonds is 5. The third-order valence-corrected chi connectivity index (χ3v) is 3.32. The van der Waals surface area contributed by atoms with Crippen LogP contribution in [-0.4, -0.2) is 13.7 Å². The molecule has 2 aromatic carbocycles. The van der Waals surface area contributed by atoms with Crippen molar-refractivity contribution in [1.29, 1.82) is 10.5 Å². The van der Waals surface area contributed by atoms with Crippen molar-refractivity contribution < 1.29 is 9.47 Å². The number of nitriles is 2. The van der Waals surface area contributed by atoms with E-state index in [1.165, 1.54) is 7.11 Å². The lowest BCUT2D eigenvalue weighted by atomic mass is 10.0. The Hall–Kier alpha value is -2.95. The lowest BCUT2D eigenvalue weighted by molar-refractivity contribution is 0.329. The van der Waals surface area contributed by atoms with Gasteiger partial charge in [-0.3, -0.25) is 0 Å². The van der Waals surface area contributed by atoms with E-state index in [0.717, 1.165) is 11.1 Å². The lowest BCUT2D eigenvalue weighted by Crippen LogP contribution is -1.96. The van der Waals surface area contributed by atoms with Crippen LogP contribution in [0.4, 0.5) is 0 Å². The van der Waals surface area contributed by atoms with E-state index in [2.05, 4.69) is 6.07 Å². The summed E-state index contributed by atoms with van der Waals surface area (Å²) >= 11 is 5.86. The number of allylic oxidation sites excluding steroid dienone is 1. The summed E-state index contributed by atoms with van der Waals surface area (Å²) in [5, 5.41) is 18.6. The van der Waals surface area contributed by atoms with Crippen molar-refractivity contribution in [2.45, 2.75) is 0 Å². The van der Waals surface area contributed by atoms with E-state index in [4.69, 9.17) is 26.3 Å². The van der Waals surface area contributed by atoms with Crippen molar-refractivity contribution in [2.75, 3.05) is 13.7 Å². The monoisotopic (exact) mass is 324 g/mol. The number of methoxy groups -OCH3 is 1. The standard InChI is InChI=1S/C18H13ClN2O2/c1-22-18-11-13(2-7-17(18)23-9-8-20)10-15(12-21)14-3-5-16(19)6-4-14/h2-7,10-11H,9H2,1H3. The summed E-state index contributed by atoms with van der Waals surface area (Å²) < 4.78 is 10.5. The van der Waals surface area contributed by atoms with Crippen molar-refractivity contribution in [1.82, 2.24) is 0 Å². The number of ether oxygens (including phenoxy) is 2. The van der Waals surface area contributed by atoms with E-state index in [9.17, 15) is 5.26 Å². The van der Waals surface area contributed by atoms with Crippen LogP contribution in [0.3, 0.4) is 0 Å². The maximum absolute atomic E-state index is 9.36. The first-order valence-corrected chi connectivity index (χ1v) is 7.11. The number of hydrogen-bond acceptors (Lipinski definition) is 4. The Kier molecular flexibility index (Phi) is 5.63. The van der Waals surface area contributed by atoms with Crippen LogP contribution in [-0.2, 0) is 0 Å². The molecule has 2 rings (SSSR count). The molecule has 2 aromatic rings. The van der Waals surface area contributed by atoms with Crippen LogP contribution in [0.5, 0.6) is 11.5 Å². The first-order chi connectivity index (χ1) is 11.2. The highest BCUT2D eigenvalue weighted by molar-refractivity contribution is 6.30. The molecule has 0 radical (unpaired) electrons. The molecule has 0 aromatic heterocycles. The molecule has 114 valence electrons. The zero-order valence-corrected chi connectivity index (χ0v) is 13.2. The summed E-state index contributed by atoms with van der Waals surface area (Å²) in [6, 6.07) is 16.4. The topological polar surface area (TPSA) is 66.0 Å². The molecule has 0 aliphatic carbocycles. The molecule has 4 nitrogen and oxygen atoms in total. The Bertz CT molecular complexity index is 799. The molecule has 0 bridgehead atoms. The molecule has 5 heteroatoms. The Morgan fingerprint density at radius 2 is 1.87 bits per heavy atom. The highest BCUT2D eigenvalue weighted by Gasteiger charge is 2.06. The maximum Gasteiger partial charge on any atom is 0.174 e. The predicted molar refractivity (Wildman–Crippen MR) is 89.0 cm³/mol. The minimum Gasteiger partial charge on any atom is -0.493 e. The SMILES string of the molecule is COc1cc(C=C(C#N)c2ccc(Cl)cc2)ccc1OCC#N. The largest absolute Gasteiger partial charge is 0.493 e. The second-order valence-corrected chi connectivity index (χ2v) is 4.97. The molecule has 0 heterocycles. The summed E-state index contributed by atoms with van der Waals surface area (Å²) in [5.41, 5.74) is 2.08. The van der Waals surface area contributed by atoms with Crippen LogP contribution in [0.2, 0.25) is 5.02 Å². The summed E-state index contributed by atoms with van der Waals surface area (Å²) in [6.07, 6.45) is 1.75. The second kappa shape index (κ2) is 7.89. The van der Waals surface area contributed by atoms with Gasteiger partial charge in [0, 0.05) is 5.02 Å². The Balaban J connectivity index is 2.35. The Morgan fingerprint density at radius 3 is 2.48 bits per heavy atom. The third-order valence-electron chi connectivity index (χ3n) is 3.07. The van der Waals surface area contributed by atoms with Crippen molar-refractivity contribution in [3.63, 3.8) is 0 Å². The minimum absolute atomic E-state index is 0.0558. The van der Waals surface area contributed by atoms with E-state index < -0.39 is 0 Å². The van der Waals surface area contributed by atoms with Gasteiger partial charge in [-0.2, -0.15) is 10.5 Å². The average molecular weight is 325 g/mol. The van der Waals surface area contributed by atoms with E-state index in [-0.39, 0.29) is 6.61 Å². The van der Waals surface area contributed by atoms with Gasteiger partial charge >= 0.3 is 0 Å². The van der Waals surface area contributed by atoms with Gasteiger partial charge in [-0.15, -0.1) is 0 Å². The highest BCUT2D eigenvalue weighted by Crippen LogP contribution is 2.30. The summed E-state index contributed by atoms with van der Waals surface area (Å²) in [5.74, 6) is 0.985. The normalized spacial score (nSPS) is 10.5. The molecule has 0 aliphatic rings. The predicted octanol–water partition coefficient (Wildman–Crippen LogP) is 4.32. The van der Waals surface area contributed by atoms with Gasteiger partial charge in [-0.1, -0.05) is 29.8 Å². The van der Waals surface area contributed by atoms with Gasteiger partial charge in [0.15, 0.2) is 18.1 Å². The van der Waals surface area contributed by atoms with Gasteiger partial charge in [0.05, 0.1) is 18.8 Å². The van der Waals surface area contributed by atoms with Crippen LogP contribution >= 0.6 is 11.6 Å². The number of halogens is 1. The molecule has 0 atom stereocenters. The number of hydrogen-bond donors (Lipinski definition) is 0. The average Bonchev–Trinajstić information content (AvgIpc) is 2.59. The van der Waals surface area contributed by atoms with Gasteiger partial charge in [0.2, 0.25) is 0 Å². The molecule has 0 saturated carbocycles. The fourth-order valence-electron chi connectivity index (χ4n) is 1.98. The summed E-state index contributed by atoms with van der Waals surface area (Å²) in [6.45, 7) is -0.0558. The third kappa shape index (κ3) is 4.26. The van der Waals surface area contributed by atoms with Crippen LogP contribution in [0.25, 0.3) is 11.6 Å². The first-order valence-electron chi connectivity index (χ1n) is 6.73. The van der Waals surface area contributed by atoms with E-state index in [1.807, 2.05) is 6.07 Å². The molecular weight excluding hydrogens is 312 g/mol.